The van der Waals surface area contributed by atoms with Crippen molar-refractivity contribution >= 4 is 33.7 Å². The van der Waals surface area contributed by atoms with Crippen LogP contribution < -0.4 is 16.0 Å². The summed E-state index contributed by atoms with van der Waals surface area (Å²) < 4.78 is 22.3. The molecule has 9 nitrogen and oxygen atoms in total. The molecule has 1 atom stereocenters. The molecule has 42 heavy (non-hydrogen) atoms. The van der Waals surface area contributed by atoms with E-state index in [1.807, 2.05) is 20.8 Å². The maximum absolute atomic E-state index is 11.9. The molecule has 0 bridgehead atoms. The Balaban J connectivity index is 3.64. The van der Waals surface area contributed by atoms with Crippen LogP contribution in [0, 0.1) is 23.7 Å². The molecule has 3 amide bonds. The second-order valence-electron chi connectivity index (χ2n) is 11.5. The number of amides is 3. The molecule has 0 aromatic heterocycles. The van der Waals surface area contributed by atoms with Crippen LogP contribution in [-0.4, -0.2) is 81.6 Å². The van der Waals surface area contributed by atoms with Crippen LogP contribution in [0.15, 0.2) is 0 Å². The van der Waals surface area contributed by atoms with Gasteiger partial charge in [0.2, 0.25) is 0 Å². The summed E-state index contributed by atoms with van der Waals surface area (Å²) in [5.74, 6) is 6.97. The number of alkyl carbamates (subject to hydrolysis) is 1. The quantitative estimate of drug-likeness (QED) is 0.0446. The fraction of sp³-hybridized carbons (Fsp3) is 0.871. The Kier molecular flexibility index (Phi) is 26.4. The fourth-order valence-corrected chi connectivity index (χ4v) is 5.58. The Hall–Kier alpha value is -1.32. The van der Waals surface area contributed by atoms with Crippen molar-refractivity contribution in [2.75, 3.05) is 59.3 Å². The van der Waals surface area contributed by atoms with E-state index in [0.29, 0.717) is 52.0 Å². The van der Waals surface area contributed by atoms with E-state index < -0.39 is 6.09 Å². The molecule has 0 aromatic rings. The molecule has 0 heterocycles. The van der Waals surface area contributed by atoms with E-state index >= 15 is 0 Å². The maximum Gasteiger partial charge on any atom is 0.407 e. The summed E-state index contributed by atoms with van der Waals surface area (Å²) >= 11 is 0. The molecule has 11 heteroatoms. The Labute approximate surface area is 264 Å². The van der Waals surface area contributed by atoms with Gasteiger partial charge in [-0.2, -0.15) is 0 Å². The van der Waals surface area contributed by atoms with Gasteiger partial charge in [-0.25, -0.2) is 9.59 Å². The fourth-order valence-electron chi connectivity index (χ4n) is 3.26. The predicted octanol–water partition coefficient (Wildman–Crippen LogP) is 6.61. The topological polar surface area (TPSA) is 107 Å². The van der Waals surface area contributed by atoms with E-state index in [-0.39, 0.29) is 16.2 Å². The molecule has 0 saturated carbocycles. The highest BCUT2D eigenvalue weighted by Gasteiger charge is 2.21. The lowest BCUT2D eigenvalue weighted by molar-refractivity contribution is 0.0983. The number of nitrogens with one attached hydrogen (secondary N) is 3. The number of hydrogen-bond donors (Lipinski definition) is 3. The van der Waals surface area contributed by atoms with E-state index in [4.69, 9.17) is 18.9 Å². The normalized spacial score (nSPS) is 12.1. The minimum atomic E-state index is -0.412. The van der Waals surface area contributed by atoms with Gasteiger partial charge in [-0.3, -0.25) is 0 Å². The number of urea groups is 1. The van der Waals surface area contributed by atoms with Gasteiger partial charge in [0.15, 0.2) is 0 Å². The summed E-state index contributed by atoms with van der Waals surface area (Å²) in [7, 11) is 3.41. The van der Waals surface area contributed by atoms with E-state index in [1.54, 1.807) is 21.6 Å². The molecule has 0 fully saturated rings. The zero-order valence-corrected chi connectivity index (χ0v) is 28.9. The van der Waals surface area contributed by atoms with Crippen molar-refractivity contribution in [3.05, 3.63) is 0 Å². The summed E-state index contributed by atoms with van der Waals surface area (Å²) in [6.45, 7) is 19.9. The molecule has 0 radical (unpaired) electrons. The smallest absolute Gasteiger partial charge is 0.407 e. The number of carbonyl (C=O) groups excluding carboxylic acids is 2. The van der Waals surface area contributed by atoms with Gasteiger partial charge in [-0.1, -0.05) is 61.1 Å². The summed E-state index contributed by atoms with van der Waals surface area (Å²) in [5.41, 5.74) is 0.0384. The Morgan fingerprint density at radius 3 is 2.14 bits per heavy atom. The highest BCUT2D eigenvalue weighted by molar-refractivity contribution is 8.77. The van der Waals surface area contributed by atoms with Gasteiger partial charge in [0.05, 0.1) is 19.8 Å². The van der Waals surface area contributed by atoms with Crippen molar-refractivity contribution < 1.29 is 28.5 Å². The second kappa shape index (κ2) is 27.2. The van der Waals surface area contributed by atoms with Crippen molar-refractivity contribution in [1.82, 2.24) is 16.0 Å². The molecular formula is C31H59N3O6S2. The first-order chi connectivity index (χ1) is 20.0. The molecule has 3 N–H and O–H groups in total. The van der Waals surface area contributed by atoms with Gasteiger partial charge in [0.1, 0.15) is 5.44 Å². The van der Waals surface area contributed by atoms with E-state index in [9.17, 15) is 9.59 Å². The first kappa shape index (κ1) is 40.7. The third-order valence-corrected chi connectivity index (χ3v) is 9.31. The zero-order chi connectivity index (χ0) is 31.5. The maximum atomic E-state index is 11.9. The molecule has 0 aromatic carbocycles. The molecule has 0 spiro atoms. The van der Waals surface area contributed by atoms with Gasteiger partial charge in [0, 0.05) is 50.2 Å². The molecule has 0 rings (SSSR count). The molecule has 0 saturated heterocycles. The highest BCUT2D eigenvalue weighted by atomic mass is 33.1. The first-order valence-corrected chi connectivity index (χ1v) is 17.8. The lowest BCUT2D eigenvalue weighted by Gasteiger charge is -2.24. The van der Waals surface area contributed by atoms with Crippen molar-refractivity contribution in [3.63, 3.8) is 0 Å². The van der Waals surface area contributed by atoms with Gasteiger partial charge >= 0.3 is 12.1 Å². The number of ether oxygens (including phenoxy) is 4. The van der Waals surface area contributed by atoms with Crippen LogP contribution in [-0.2, 0) is 18.9 Å². The second-order valence-corrected chi connectivity index (χ2v) is 14.7. The monoisotopic (exact) mass is 633 g/mol. The van der Waals surface area contributed by atoms with E-state index in [1.165, 1.54) is 6.42 Å². The van der Waals surface area contributed by atoms with Crippen LogP contribution in [0.1, 0.15) is 93.4 Å². The molecule has 0 aliphatic carbocycles. The minimum Gasteiger partial charge on any atom is -0.450 e. The summed E-state index contributed by atoms with van der Waals surface area (Å²) in [6.07, 6.45) is 6.32. The number of unbranched alkanes of at least 4 members (excludes halogenated alkanes) is 2. The molecule has 1 unspecified atom stereocenters. The van der Waals surface area contributed by atoms with Gasteiger partial charge < -0.3 is 34.9 Å². The van der Waals surface area contributed by atoms with Crippen molar-refractivity contribution in [2.45, 2.75) is 104 Å². The van der Waals surface area contributed by atoms with Crippen LogP contribution in [0.4, 0.5) is 9.59 Å². The zero-order valence-electron chi connectivity index (χ0n) is 27.3. The predicted molar refractivity (Wildman–Crippen MR) is 177 cm³/mol. The number of carbonyl (C=O) groups is 2. The molecule has 246 valence electrons. The largest absolute Gasteiger partial charge is 0.450 e. The van der Waals surface area contributed by atoms with E-state index in [0.717, 1.165) is 57.7 Å². The lowest BCUT2D eigenvalue weighted by atomic mass is 10.1. The number of hydrogen-bond acceptors (Lipinski definition) is 8. The Morgan fingerprint density at radius 2 is 1.45 bits per heavy atom. The van der Waals surface area contributed by atoms with Crippen LogP contribution in [0.2, 0.25) is 0 Å². The van der Waals surface area contributed by atoms with Crippen molar-refractivity contribution in [1.29, 1.82) is 0 Å². The molecule has 0 aliphatic heterocycles. The van der Waals surface area contributed by atoms with Gasteiger partial charge in [-0.05, 0) is 71.6 Å². The summed E-state index contributed by atoms with van der Waals surface area (Å²) in [5, 5.41) is 8.29. The third kappa shape index (κ3) is 30.1. The average Bonchev–Trinajstić information content (AvgIpc) is 2.92. The Bertz CT molecular complexity index is 744. The van der Waals surface area contributed by atoms with E-state index in [2.05, 4.69) is 55.5 Å². The van der Waals surface area contributed by atoms with Crippen LogP contribution >= 0.6 is 21.6 Å². The standard InChI is InChI=1S/C31H59N3O6S2/c1-26(2)14-12-18-33-29(35)32-17-8-9-23-39-28(5)41-42-31(6,7)16-24-40-30(36)34-19-25-38-21-11-10-20-37-22-13-15-27(3)4/h26-28H,8-11,13,15-25H2,1-7H3,(H,34,36)(H2,32,33,35). The van der Waals surface area contributed by atoms with Crippen LogP contribution in [0.3, 0.4) is 0 Å². The average molecular weight is 634 g/mol. The molecule has 0 aliphatic rings. The van der Waals surface area contributed by atoms with Gasteiger partial charge in [0.25, 0.3) is 0 Å². The number of rotatable bonds is 25. The Morgan fingerprint density at radius 1 is 0.786 bits per heavy atom. The SMILES string of the molecule is CC(C)C#CCNC(=O)NCCCCOC(C)SSC(C)(C)CCOC(=O)NCCOCCCCOCCCC(C)C. The lowest BCUT2D eigenvalue weighted by Crippen LogP contribution is -2.36. The highest BCUT2D eigenvalue weighted by Crippen LogP contribution is 2.40. The van der Waals surface area contributed by atoms with Crippen LogP contribution in [0.25, 0.3) is 0 Å². The van der Waals surface area contributed by atoms with Gasteiger partial charge in [-0.15, -0.1) is 0 Å². The first-order valence-electron chi connectivity index (χ1n) is 15.5. The summed E-state index contributed by atoms with van der Waals surface area (Å²) in [6, 6.07) is -0.192. The molecular weight excluding hydrogens is 574 g/mol. The third-order valence-electron chi connectivity index (χ3n) is 5.70. The van der Waals surface area contributed by atoms with Crippen LogP contribution in [0.5, 0.6) is 0 Å². The van der Waals surface area contributed by atoms with Crippen molar-refractivity contribution in [2.24, 2.45) is 11.8 Å². The van der Waals surface area contributed by atoms with Crippen molar-refractivity contribution in [3.8, 4) is 11.8 Å². The minimum absolute atomic E-state index is 0.0384. The summed E-state index contributed by atoms with van der Waals surface area (Å²) in [4.78, 5) is 23.6.